The van der Waals surface area contributed by atoms with Gasteiger partial charge in [0.15, 0.2) is 0 Å². The summed E-state index contributed by atoms with van der Waals surface area (Å²) < 4.78 is 0. The van der Waals surface area contributed by atoms with Gasteiger partial charge in [-0.15, -0.1) is 13.2 Å². The van der Waals surface area contributed by atoms with Crippen LogP contribution in [0.25, 0.3) is 0 Å². The highest BCUT2D eigenvalue weighted by atomic mass is 16.3. The van der Waals surface area contributed by atoms with Gasteiger partial charge in [-0.2, -0.15) is 0 Å². The van der Waals surface area contributed by atoms with Gasteiger partial charge in [0.2, 0.25) is 0 Å². The lowest BCUT2D eigenvalue weighted by molar-refractivity contribution is -0.00365. The first-order chi connectivity index (χ1) is 6.08. The van der Waals surface area contributed by atoms with E-state index in [0.717, 1.165) is 0 Å². The van der Waals surface area contributed by atoms with E-state index in [9.17, 15) is 10.2 Å². The van der Waals surface area contributed by atoms with Crippen LogP contribution in [0.5, 0.6) is 0 Å². The van der Waals surface area contributed by atoms with Gasteiger partial charge in [-0.25, -0.2) is 0 Å². The molecule has 0 radical (unpaired) electrons. The van der Waals surface area contributed by atoms with E-state index in [2.05, 4.69) is 13.2 Å². The number of aliphatic hydroxyl groups is 2. The molecule has 0 aliphatic rings. The molecule has 76 valence electrons. The van der Waals surface area contributed by atoms with Gasteiger partial charge in [0.05, 0.1) is 11.7 Å². The van der Waals surface area contributed by atoms with Crippen LogP contribution in [0.1, 0.15) is 19.3 Å². The van der Waals surface area contributed by atoms with Crippen molar-refractivity contribution >= 4 is 0 Å². The molecule has 0 aromatic rings. The van der Waals surface area contributed by atoms with Crippen LogP contribution in [-0.2, 0) is 0 Å². The minimum absolute atomic E-state index is 0.163. The molecule has 0 bridgehead atoms. The van der Waals surface area contributed by atoms with Crippen LogP contribution >= 0.6 is 0 Å². The molecule has 0 saturated carbocycles. The standard InChI is InChI=1S/C10H19NO2/c1-3-5-10(13,6-4-2)7-9(12)8-11/h3-4,9,12-13H,1-2,5-8,11H2. The molecule has 0 rings (SSSR count). The topological polar surface area (TPSA) is 66.5 Å². The van der Waals surface area contributed by atoms with Crippen molar-refractivity contribution in [3.05, 3.63) is 25.3 Å². The molecule has 1 unspecified atom stereocenters. The van der Waals surface area contributed by atoms with Gasteiger partial charge in [0, 0.05) is 13.0 Å². The maximum absolute atomic E-state index is 9.95. The van der Waals surface area contributed by atoms with E-state index in [1.54, 1.807) is 12.2 Å². The maximum Gasteiger partial charge on any atom is 0.0741 e. The Morgan fingerprint density at radius 2 is 1.77 bits per heavy atom. The molecule has 0 aliphatic heterocycles. The molecule has 3 nitrogen and oxygen atoms in total. The second kappa shape index (κ2) is 5.91. The van der Waals surface area contributed by atoms with Crippen molar-refractivity contribution in [3.8, 4) is 0 Å². The van der Waals surface area contributed by atoms with E-state index in [4.69, 9.17) is 5.73 Å². The Hall–Kier alpha value is -0.640. The van der Waals surface area contributed by atoms with Crippen LogP contribution in [0.2, 0.25) is 0 Å². The summed E-state index contributed by atoms with van der Waals surface area (Å²) in [4.78, 5) is 0. The van der Waals surface area contributed by atoms with Crippen molar-refractivity contribution in [2.24, 2.45) is 5.73 Å². The van der Waals surface area contributed by atoms with E-state index < -0.39 is 11.7 Å². The van der Waals surface area contributed by atoms with Crippen LogP contribution in [-0.4, -0.2) is 28.5 Å². The molecule has 0 aromatic carbocycles. The molecular weight excluding hydrogens is 166 g/mol. The first-order valence-electron chi connectivity index (χ1n) is 4.40. The Morgan fingerprint density at radius 3 is 2.08 bits per heavy atom. The summed E-state index contributed by atoms with van der Waals surface area (Å²) in [6.45, 7) is 7.27. The third-order valence-electron chi connectivity index (χ3n) is 1.94. The molecule has 0 amide bonds. The summed E-state index contributed by atoms with van der Waals surface area (Å²) in [5, 5.41) is 19.2. The van der Waals surface area contributed by atoms with Crippen molar-refractivity contribution in [1.29, 1.82) is 0 Å². The zero-order chi connectivity index (χ0) is 10.3. The Bertz CT molecular complexity index is 158. The van der Waals surface area contributed by atoms with Gasteiger partial charge < -0.3 is 15.9 Å². The quantitative estimate of drug-likeness (QED) is 0.508. The zero-order valence-corrected chi connectivity index (χ0v) is 7.95. The summed E-state index contributed by atoms with van der Waals surface area (Å²) in [5.74, 6) is 0. The van der Waals surface area contributed by atoms with Crippen LogP contribution < -0.4 is 5.73 Å². The SMILES string of the molecule is C=CCC(O)(CC=C)CC(O)CN. The van der Waals surface area contributed by atoms with Gasteiger partial charge in [-0.1, -0.05) is 12.2 Å². The van der Waals surface area contributed by atoms with Gasteiger partial charge in [-0.05, 0) is 12.8 Å². The average Bonchev–Trinajstić information content (AvgIpc) is 2.04. The van der Waals surface area contributed by atoms with Gasteiger partial charge in [-0.3, -0.25) is 0 Å². The smallest absolute Gasteiger partial charge is 0.0741 e. The summed E-state index contributed by atoms with van der Waals surface area (Å²) in [7, 11) is 0. The second-order valence-corrected chi connectivity index (χ2v) is 3.30. The molecule has 0 aromatic heterocycles. The lowest BCUT2D eigenvalue weighted by atomic mass is 9.89. The van der Waals surface area contributed by atoms with Crippen molar-refractivity contribution < 1.29 is 10.2 Å². The number of nitrogens with two attached hydrogens (primary N) is 1. The summed E-state index contributed by atoms with van der Waals surface area (Å²) in [5.41, 5.74) is 4.32. The molecule has 0 fully saturated rings. The van der Waals surface area contributed by atoms with Gasteiger partial charge in [0.25, 0.3) is 0 Å². The van der Waals surface area contributed by atoms with Crippen LogP contribution in [0.3, 0.4) is 0 Å². The van der Waals surface area contributed by atoms with Crippen LogP contribution in [0.4, 0.5) is 0 Å². The Morgan fingerprint density at radius 1 is 1.31 bits per heavy atom. The first kappa shape index (κ1) is 12.4. The molecule has 0 aliphatic carbocycles. The molecular formula is C10H19NO2. The third-order valence-corrected chi connectivity index (χ3v) is 1.94. The fourth-order valence-corrected chi connectivity index (χ4v) is 1.31. The first-order valence-corrected chi connectivity index (χ1v) is 4.40. The number of hydrogen-bond acceptors (Lipinski definition) is 3. The minimum Gasteiger partial charge on any atom is -0.392 e. The Balaban J connectivity index is 4.20. The molecule has 13 heavy (non-hydrogen) atoms. The molecule has 1 atom stereocenters. The van der Waals surface area contributed by atoms with Crippen LogP contribution in [0.15, 0.2) is 25.3 Å². The lowest BCUT2D eigenvalue weighted by Gasteiger charge is -2.27. The van der Waals surface area contributed by atoms with Crippen molar-refractivity contribution in [2.75, 3.05) is 6.54 Å². The summed E-state index contributed by atoms with van der Waals surface area (Å²) in [6.07, 6.45) is 3.75. The van der Waals surface area contributed by atoms with Crippen molar-refractivity contribution in [3.63, 3.8) is 0 Å². The van der Waals surface area contributed by atoms with E-state index in [1.807, 2.05) is 0 Å². The molecule has 4 N–H and O–H groups in total. The van der Waals surface area contributed by atoms with E-state index in [0.29, 0.717) is 12.8 Å². The minimum atomic E-state index is -0.942. The number of aliphatic hydroxyl groups excluding tert-OH is 1. The molecule has 0 saturated heterocycles. The number of hydrogen-bond donors (Lipinski definition) is 3. The third kappa shape index (κ3) is 4.83. The second-order valence-electron chi connectivity index (χ2n) is 3.30. The van der Waals surface area contributed by atoms with E-state index >= 15 is 0 Å². The maximum atomic E-state index is 9.95. The largest absolute Gasteiger partial charge is 0.392 e. The Kier molecular flexibility index (Phi) is 5.62. The highest BCUT2D eigenvalue weighted by Crippen LogP contribution is 2.22. The van der Waals surface area contributed by atoms with Gasteiger partial charge >= 0.3 is 0 Å². The fraction of sp³-hybridized carbons (Fsp3) is 0.600. The summed E-state index contributed by atoms with van der Waals surface area (Å²) in [6, 6.07) is 0. The van der Waals surface area contributed by atoms with Crippen molar-refractivity contribution in [2.45, 2.75) is 31.0 Å². The van der Waals surface area contributed by atoms with Gasteiger partial charge in [0.1, 0.15) is 0 Å². The predicted molar refractivity (Wildman–Crippen MR) is 54.3 cm³/mol. The summed E-state index contributed by atoms with van der Waals surface area (Å²) >= 11 is 0. The Labute approximate surface area is 79.6 Å². The molecule has 3 heteroatoms. The lowest BCUT2D eigenvalue weighted by Crippen LogP contribution is -2.35. The molecule has 0 heterocycles. The molecule has 0 spiro atoms. The monoisotopic (exact) mass is 185 g/mol. The zero-order valence-electron chi connectivity index (χ0n) is 7.95. The average molecular weight is 185 g/mol. The van der Waals surface area contributed by atoms with E-state index in [-0.39, 0.29) is 13.0 Å². The van der Waals surface area contributed by atoms with E-state index in [1.165, 1.54) is 0 Å². The number of rotatable bonds is 7. The van der Waals surface area contributed by atoms with Crippen LogP contribution in [0, 0.1) is 0 Å². The highest BCUT2D eigenvalue weighted by Gasteiger charge is 2.26. The fourth-order valence-electron chi connectivity index (χ4n) is 1.31. The highest BCUT2D eigenvalue weighted by molar-refractivity contribution is 4.93. The van der Waals surface area contributed by atoms with Crippen molar-refractivity contribution in [1.82, 2.24) is 0 Å². The normalized spacial score (nSPS) is 13.8. The predicted octanol–water partition coefficient (Wildman–Crippen LogP) is 0.579.